The highest BCUT2D eigenvalue weighted by Crippen LogP contribution is 2.23. The van der Waals surface area contributed by atoms with Crippen LogP contribution in [-0.2, 0) is 6.42 Å². The third-order valence-electron chi connectivity index (χ3n) is 3.22. The van der Waals surface area contributed by atoms with Gasteiger partial charge in [-0.2, -0.15) is 4.68 Å². The first-order valence-electron chi connectivity index (χ1n) is 6.96. The number of carbonyl (C=O) groups excluding carboxylic acids is 1. The average molecular weight is 313 g/mol. The minimum absolute atomic E-state index is 0.304. The summed E-state index contributed by atoms with van der Waals surface area (Å²) in [6, 6.07) is 9.90. The molecule has 112 valence electrons. The molecule has 3 aromatic rings. The number of carbonyl (C=O) groups is 1. The van der Waals surface area contributed by atoms with Gasteiger partial charge in [-0.3, -0.25) is 4.79 Å². The molecule has 0 saturated carbocycles. The summed E-state index contributed by atoms with van der Waals surface area (Å²) in [5.74, 6) is 0.304. The molecule has 0 saturated heterocycles. The van der Waals surface area contributed by atoms with Gasteiger partial charge in [-0.25, -0.2) is 0 Å². The molecule has 6 nitrogen and oxygen atoms in total. The van der Waals surface area contributed by atoms with E-state index >= 15 is 0 Å². The first kappa shape index (κ1) is 14.5. The average Bonchev–Trinajstić information content (AvgIpc) is 3.14. The maximum atomic E-state index is 11.2. The SMILES string of the molecule is CC(C)c1nnc(-n2nnc(C=O)c2Cc2ccccc2)s1. The molecule has 0 fully saturated rings. The van der Waals surface area contributed by atoms with Crippen LogP contribution in [0.4, 0.5) is 0 Å². The molecule has 22 heavy (non-hydrogen) atoms. The van der Waals surface area contributed by atoms with Gasteiger partial charge >= 0.3 is 0 Å². The number of rotatable bonds is 5. The van der Waals surface area contributed by atoms with Crippen LogP contribution in [0.15, 0.2) is 30.3 Å². The molecule has 0 aliphatic rings. The molecule has 7 heteroatoms. The van der Waals surface area contributed by atoms with E-state index in [-0.39, 0.29) is 0 Å². The van der Waals surface area contributed by atoms with Crippen LogP contribution in [0.1, 0.15) is 46.5 Å². The lowest BCUT2D eigenvalue weighted by Gasteiger charge is -2.03. The van der Waals surface area contributed by atoms with Crippen LogP contribution in [0.3, 0.4) is 0 Å². The van der Waals surface area contributed by atoms with E-state index in [0.29, 0.717) is 23.2 Å². The quantitative estimate of drug-likeness (QED) is 0.677. The molecular formula is C15H15N5OS. The smallest absolute Gasteiger partial charge is 0.234 e. The summed E-state index contributed by atoms with van der Waals surface area (Å²) in [5.41, 5.74) is 2.15. The molecule has 0 N–H and O–H groups in total. The van der Waals surface area contributed by atoms with Gasteiger partial charge in [0.1, 0.15) is 10.7 Å². The van der Waals surface area contributed by atoms with Gasteiger partial charge in [0.2, 0.25) is 5.13 Å². The van der Waals surface area contributed by atoms with Gasteiger partial charge in [0.25, 0.3) is 0 Å². The Hall–Kier alpha value is -2.41. The van der Waals surface area contributed by atoms with Crippen molar-refractivity contribution in [1.29, 1.82) is 0 Å². The maximum Gasteiger partial charge on any atom is 0.234 e. The molecule has 0 unspecified atom stereocenters. The Balaban J connectivity index is 2.01. The normalized spacial score (nSPS) is 11.0. The molecule has 0 atom stereocenters. The van der Waals surface area contributed by atoms with Gasteiger partial charge in [-0.05, 0) is 5.56 Å². The van der Waals surface area contributed by atoms with Gasteiger partial charge < -0.3 is 0 Å². The second-order valence-electron chi connectivity index (χ2n) is 5.19. The molecule has 1 aromatic carbocycles. The van der Waals surface area contributed by atoms with Crippen molar-refractivity contribution in [3.05, 3.63) is 52.3 Å². The molecule has 0 bridgehead atoms. The number of hydrogen-bond donors (Lipinski definition) is 0. The van der Waals surface area contributed by atoms with Crippen LogP contribution in [-0.4, -0.2) is 31.5 Å². The molecule has 0 spiro atoms. The summed E-state index contributed by atoms with van der Waals surface area (Å²) in [7, 11) is 0. The van der Waals surface area contributed by atoms with Gasteiger partial charge in [0, 0.05) is 12.3 Å². The van der Waals surface area contributed by atoms with E-state index in [2.05, 4.69) is 34.4 Å². The van der Waals surface area contributed by atoms with E-state index < -0.39 is 0 Å². The van der Waals surface area contributed by atoms with Crippen LogP contribution < -0.4 is 0 Å². The summed E-state index contributed by atoms with van der Waals surface area (Å²) in [4.78, 5) is 11.2. The summed E-state index contributed by atoms with van der Waals surface area (Å²) in [5, 5.41) is 17.9. The lowest BCUT2D eigenvalue weighted by molar-refractivity contribution is 0.111. The van der Waals surface area contributed by atoms with Crippen LogP contribution in [0.5, 0.6) is 0 Å². The van der Waals surface area contributed by atoms with Crippen molar-refractivity contribution in [1.82, 2.24) is 25.2 Å². The highest BCUT2D eigenvalue weighted by molar-refractivity contribution is 7.13. The van der Waals surface area contributed by atoms with Crippen LogP contribution >= 0.6 is 11.3 Å². The zero-order chi connectivity index (χ0) is 15.5. The zero-order valence-electron chi connectivity index (χ0n) is 12.3. The Morgan fingerprint density at radius 3 is 2.59 bits per heavy atom. The van der Waals surface area contributed by atoms with Crippen molar-refractivity contribution in [2.45, 2.75) is 26.2 Å². The third kappa shape index (κ3) is 2.80. The Morgan fingerprint density at radius 1 is 1.18 bits per heavy atom. The first-order valence-corrected chi connectivity index (χ1v) is 7.78. The Kier molecular flexibility index (Phi) is 4.06. The fourth-order valence-electron chi connectivity index (χ4n) is 2.06. The molecule has 2 aromatic heterocycles. The molecule has 3 rings (SSSR count). The maximum absolute atomic E-state index is 11.2. The summed E-state index contributed by atoms with van der Waals surface area (Å²) in [6.45, 7) is 4.13. The summed E-state index contributed by atoms with van der Waals surface area (Å²) >= 11 is 1.46. The Bertz CT molecular complexity index is 778. The molecule has 2 heterocycles. The fourth-order valence-corrected chi connectivity index (χ4v) is 2.88. The fraction of sp³-hybridized carbons (Fsp3) is 0.267. The minimum Gasteiger partial charge on any atom is -0.296 e. The summed E-state index contributed by atoms with van der Waals surface area (Å²) < 4.78 is 1.61. The zero-order valence-corrected chi connectivity index (χ0v) is 13.1. The van der Waals surface area contributed by atoms with Crippen LogP contribution in [0.25, 0.3) is 5.13 Å². The highest BCUT2D eigenvalue weighted by atomic mass is 32.1. The van der Waals surface area contributed by atoms with Crippen molar-refractivity contribution >= 4 is 17.6 Å². The number of nitrogens with zero attached hydrogens (tertiary/aromatic N) is 5. The van der Waals surface area contributed by atoms with E-state index in [0.717, 1.165) is 22.6 Å². The van der Waals surface area contributed by atoms with Crippen molar-refractivity contribution in [3.63, 3.8) is 0 Å². The highest BCUT2D eigenvalue weighted by Gasteiger charge is 2.18. The van der Waals surface area contributed by atoms with Gasteiger partial charge in [0.15, 0.2) is 6.29 Å². The van der Waals surface area contributed by atoms with Crippen molar-refractivity contribution < 1.29 is 4.79 Å². The Morgan fingerprint density at radius 2 is 1.95 bits per heavy atom. The molecule has 0 radical (unpaired) electrons. The topological polar surface area (TPSA) is 73.6 Å². The van der Waals surface area contributed by atoms with Crippen molar-refractivity contribution in [2.24, 2.45) is 0 Å². The standard InChI is InChI=1S/C15H15N5OS/c1-10(2)14-17-18-15(22-14)20-13(12(9-21)16-19-20)8-11-6-4-3-5-7-11/h3-7,9-10H,8H2,1-2H3. The largest absolute Gasteiger partial charge is 0.296 e. The molecule has 0 amide bonds. The van der Waals surface area contributed by atoms with E-state index in [4.69, 9.17) is 0 Å². The first-order chi connectivity index (χ1) is 10.7. The second-order valence-corrected chi connectivity index (χ2v) is 6.18. The number of aromatic nitrogens is 5. The van der Waals surface area contributed by atoms with Gasteiger partial charge in [-0.15, -0.1) is 15.3 Å². The lowest BCUT2D eigenvalue weighted by Crippen LogP contribution is -2.04. The van der Waals surface area contributed by atoms with Crippen LogP contribution in [0.2, 0.25) is 0 Å². The van der Waals surface area contributed by atoms with E-state index in [1.165, 1.54) is 11.3 Å². The van der Waals surface area contributed by atoms with Gasteiger partial charge in [0.05, 0.1) is 5.69 Å². The van der Waals surface area contributed by atoms with E-state index in [9.17, 15) is 4.79 Å². The number of hydrogen-bond acceptors (Lipinski definition) is 6. The minimum atomic E-state index is 0.304. The molecular weight excluding hydrogens is 298 g/mol. The van der Waals surface area contributed by atoms with E-state index in [1.54, 1.807) is 4.68 Å². The number of benzene rings is 1. The predicted octanol–water partition coefficient (Wildman–Crippen LogP) is 2.65. The van der Waals surface area contributed by atoms with Crippen molar-refractivity contribution in [3.8, 4) is 5.13 Å². The summed E-state index contributed by atoms with van der Waals surface area (Å²) in [6.07, 6.45) is 1.30. The lowest BCUT2D eigenvalue weighted by atomic mass is 10.1. The monoisotopic (exact) mass is 313 g/mol. The second kappa shape index (κ2) is 6.15. The van der Waals surface area contributed by atoms with Crippen molar-refractivity contribution in [2.75, 3.05) is 0 Å². The molecule has 0 aliphatic heterocycles. The third-order valence-corrected chi connectivity index (χ3v) is 4.42. The Labute approximate surface area is 131 Å². The molecule has 0 aliphatic carbocycles. The predicted molar refractivity (Wildman–Crippen MR) is 83.6 cm³/mol. The van der Waals surface area contributed by atoms with E-state index in [1.807, 2.05) is 30.3 Å². The van der Waals surface area contributed by atoms with Gasteiger partial charge in [-0.1, -0.05) is 60.7 Å². The number of aldehydes is 1. The van der Waals surface area contributed by atoms with Crippen LogP contribution in [0, 0.1) is 0 Å².